The molecule has 0 aliphatic carbocycles. The molecule has 0 atom stereocenters. The average Bonchev–Trinajstić information content (AvgIpc) is 1.76. The van der Waals surface area contributed by atoms with E-state index >= 15 is 0 Å². The van der Waals surface area contributed by atoms with Gasteiger partial charge in [-0.15, -0.1) is 0 Å². The summed E-state index contributed by atoms with van der Waals surface area (Å²) in [6, 6.07) is 0. The molecular formula is HfO12V4. The van der Waals surface area contributed by atoms with Crippen LogP contribution in [0, 0.1) is 0 Å². The molecule has 0 aromatic carbocycles. The molecule has 0 heterocycles. The van der Waals surface area contributed by atoms with Crippen molar-refractivity contribution in [2.45, 2.75) is 0 Å². The van der Waals surface area contributed by atoms with E-state index in [1.807, 2.05) is 0 Å². The Morgan fingerprint density at radius 1 is 0.412 bits per heavy atom. The van der Waals surface area contributed by atoms with E-state index in [0.717, 1.165) is 0 Å². The molecule has 0 saturated heterocycles. The van der Waals surface area contributed by atoms with Crippen LogP contribution in [0.2, 0.25) is 0 Å². The molecule has 96 valence electrons. The van der Waals surface area contributed by atoms with Crippen LogP contribution in [0.3, 0.4) is 0 Å². The summed E-state index contributed by atoms with van der Waals surface area (Å²) in [4.78, 5) is 0. The predicted octanol–water partition coefficient (Wildman–Crippen LogP) is -5.72. The molecule has 0 radical (unpaired) electrons. The Kier molecular flexibility index (Phi) is 47.7. The molecule has 0 rings (SSSR count). The van der Waals surface area contributed by atoms with E-state index in [1.165, 1.54) is 0 Å². The molecule has 0 aromatic heterocycles. The number of hydrogen-bond donors (Lipinski definition) is 0. The van der Waals surface area contributed by atoms with Crippen LogP contribution in [0.15, 0.2) is 0 Å². The molecule has 0 amide bonds. The molecule has 0 aliphatic heterocycles. The molecule has 17 heavy (non-hydrogen) atoms. The third-order valence-corrected chi connectivity index (χ3v) is 0. The Hall–Kier alpha value is 1.45. The van der Waals surface area contributed by atoms with Gasteiger partial charge in [0.25, 0.3) is 0 Å². The molecule has 0 unspecified atom stereocenters. The number of rotatable bonds is 0. The fourth-order valence-corrected chi connectivity index (χ4v) is 0. The maximum atomic E-state index is 8.56. The van der Waals surface area contributed by atoms with Crippen molar-refractivity contribution >= 4 is 0 Å². The third-order valence-electron chi connectivity index (χ3n) is 0. The second kappa shape index (κ2) is 26.1. The molecule has 0 bridgehead atoms. The summed E-state index contributed by atoms with van der Waals surface area (Å²) in [5.41, 5.74) is 0. The van der Waals surface area contributed by atoms with Gasteiger partial charge in [-0.25, -0.2) is 0 Å². The molecule has 0 fully saturated rings. The second-order valence-electron chi connectivity index (χ2n) is 0.894. The quantitative estimate of drug-likeness (QED) is 0.247. The molecule has 17 heteroatoms. The maximum absolute atomic E-state index is 8.56. The first-order valence-electron chi connectivity index (χ1n) is 2.19. The zero-order chi connectivity index (χ0) is 14.3. The van der Waals surface area contributed by atoms with E-state index < -0.39 is 61.6 Å². The Bertz CT molecular complexity index is 292. The van der Waals surface area contributed by atoms with Gasteiger partial charge < -0.3 is 0 Å². The molecular weight excluding hydrogens is 574 g/mol. The van der Waals surface area contributed by atoms with Crippen molar-refractivity contribution < 1.29 is 133 Å². The van der Waals surface area contributed by atoms with E-state index in [-0.39, 0.29) is 25.8 Å². The van der Waals surface area contributed by atoms with Crippen LogP contribution in [0.1, 0.15) is 0 Å². The normalized spacial score (nSPS) is 5.88. The summed E-state index contributed by atoms with van der Waals surface area (Å²) in [6.07, 6.45) is 0. The van der Waals surface area contributed by atoms with Gasteiger partial charge in [-0.2, -0.15) is 0 Å². The fraction of sp³-hybridized carbons (Fsp3) is 0. The Balaban J connectivity index is -0.0000000369. The van der Waals surface area contributed by atoms with Crippen molar-refractivity contribution in [2.75, 3.05) is 0 Å². The van der Waals surface area contributed by atoms with E-state index in [0.29, 0.717) is 0 Å². The van der Waals surface area contributed by atoms with Gasteiger partial charge in [-0.1, -0.05) is 0 Å². The first kappa shape index (κ1) is 31.1. The summed E-state index contributed by atoms with van der Waals surface area (Å²) in [6.45, 7) is 0. The van der Waals surface area contributed by atoms with E-state index in [2.05, 4.69) is 0 Å². The summed E-state index contributed by atoms with van der Waals surface area (Å²) in [5.74, 6) is 0. The van der Waals surface area contributed by atoms with Crippen LogP contribution in [-0.2, 0) is 117 Å². The minimum absolute atomic E-state index is 0. The second-order valence-corrected chi connectivity index (χ2v) is 3.69. The Labute approximate surface area is 131 Å². The molecule has 0 aromatic rings. The van der Waals surface area contributed by atoms with Crippen LogP contribution < -0.4 is 16.1 Å². The number of hydrogen-bond acceptors (Lipinski definition) is 12. The van der Waals surface area contributed by atoms with E-state index in [1.54, 1.807) is 0 Å². The first-order valence-corrected chi connectivity index (χ1v) is 9.03. The molecule has 0 spiro atoms. The van der Waals surface area contributed by atoms with Gasteiger partial charge in [0.2, 0.25) is 0 Å². The summed E-state index contributed by atoms with van der Waals surface area (Å²) >= 11 is -15.8. The van der Waals surface area contributed by atoms with Crippen LogP contribution in [0.4, 0.5) is 0 Å². The third kappa shape index (κ3) is 1990. The van der Waals surface area contributed by atoms with Crippen molar-refractivity contribution in [1.82, 2.24) is 0 Å². The fourth-order valence-electron chi connectivity index (χ4n) is 0. The van der Waals surface area contributed by atoms with Crippen LogP contribution in [0.5, 0.6) is 0 Å². The average molecular weight is 574 g/mol. The van der Waals surface area contributed by atoms with Crippen LogP contribution >= 0.6 is 0 Å². The van der Waals surface area contributed by atoms with Crippen LogP contribution in [-0.4, -0.2) is 0 Å². The van der Waals surface area contributed by atoms with Gasteiger partial charge >= 0.3 is 133 Å². The first-order chi connectivity index (χ1) is 6.93. The van der Waals surface area contributed by atoms with Crippen molar-refractivity contribution in [3.05, 3.63) is 0 Å². The molecule has 0 aliphatic rings. The SMILES string of the molecule is [Hf+4].[O]=[V](=[O])[O-].[O]=[V](=[O])[O-].[O]=[V](=[O])[O-].[O]=[V](=[O])[O-]. The molecule has 0 N–H and O–H groups in total. The van der Waals surface area contributed by atoms with Crippen molar-refractivity contribution in [3.63, 3.8) is 0 Å². The molecule has 12 nitrogen and oxygen atoms in total. The van der Waals surface area contributed by atoms with Crippen molar-refractivity contribution in [1.29, 1.82) is 0 Å². The Morgan fingerprint density at radius 3 is 0.412 bits per heavy atom. The monoisotopic (exact) mass is 576 g/mol. The minimum atomic E-state index is -3.94. The van der Waals surface area contributed by atoms with Crippen LogP contribution in [0.25, 0.3) is 0 Å². The topological polar surface area (TPSA) is 229 Å². The van der Waals surface area contributed by atoms with Gasteiger partial charge in [-0.05, 0) is 0 Å². The van der Waals surface area contributed by atoms with Gasteiger partial charge in [0, 0.05) is 0 Å². The summed E-state index contributed by atoms with van der Waals surface area (Å²) in [7, 11) is 0. The Morgan fingerprint density at radius 2 is 0.412 bits per heavy atom. The summed E-state index contributed by atoms with van der Waals surface area (Å²) in [5, 5.41) is 0. The zero-order valence-corrected chi connectivity index (χ0v) is 16.4. The van der Waals surface area contributed by atoms with E-state index in [4.69, 9.17) is 45.5 Å². The van der Waals surface area contributed by atoms with Gasteiger partial charge in [0.1, 0.15) is 0 Å². The summed E-state index contributed by atoms with van der Waals surface area (Å²) < 4.78 is 103. The van der Waals surface area contributed by atoms with Crippen molar-refractivity contribution in [2.24, 2.45) is 0 Å². The van der Waals surface area contributed by atoms with Gasteiger partial charge in [0.15, 0.2) is 0 Å². The van der Waals surface area contributed by atoms with Gasteiger partial charge in [-0.3, -0.25) is 0 Å². The van der Waals surface area contributed by atoms with E-state index in [9.17, 15) is 0 Å². The zero-order valence-electron chi connectivity index (χ0n) is 7.19. The molecule has 0 saturated carbocycles. The predicted molar refractivity (Wildman–Crippen MR) is 5.49 cm³/mol. The standard InChI is InChI=1S/Hf.12O.4V/q+4;;;;;;;;;4*-1;;;;. The van der Waals surface area contributed by atoms with Gasteiger partial charge in [0.05, 0.1) is 0 Å². The van der Waals surface area contributed by atoms with Crippen molar-refractivity contribution in [3.8, 4) is 0 Å².